The van der Waals surface area contributed by atoms with E-state index in [4.69, 9.17) is 4.74 Å². The first-order valence-corrected chi connectivity index (χ1v) is 8.57. The third kappa shape index (κ3) is 4.00. The quantitative estimate of drug-likeness (QED) is 0.768. The van der Waals surface area contributed by atoms with E-state index in [-0.39, 0.29) is 6.04 Å². The Kier molecular flexibility index (Phi) is 5.95. The first kappa shape index (κ1) is 15.9. The number of rotatable bonds is 6. The van der Waals surface area contributed by atoms with Gasteiger partial charge in [0.2, 0.25) is 5.88 Å². The van der Waals surface area contributed by atoms with E-state index in [9.17, 15) is 0 Å². The van der Waals surface area contributed by atoms with Gasteiger partial charge < -0.3 is 10.1 Å². The molecule has 0 aliphatic heterocycles. The lowest BCUT2D eigenvalue weighted by Crippen LogP contribution is -2.23. The van der Waals surface area contributed by atoms with Crippen molar-refractivity contribution < 1.29 is 4.74 Å². The van der Waals surface area contributed by atoms with Gasteiger partial charge in [-0.25, -0.2) is 9.97 Å². The summed E-state index contributed by atoms with van der Waals surface area (Å²) in [5, 5.41) is 3.49. The van der Waals surface area contributed by atoms with Gasteiger partial charge in [0.05, 0.1) is 14.7 Å². The molecule has 2 heterocycles. The second-order valence-electron chi connectivity index (χ2n) is 4.15. The fourth-order valence-corrected chi connectivity index (χ4v) is 4.91. The maximum Gasteiger partial charge on any atom is 0.216 e. The molecule has 0 fully saturated rings. The van der Waals surface area contributed by atoms with E-state index < -0.39 is 0 Å². The molecule has 0 aliphatic rings. The number of likely N-dealkylation sites (N-methyl/N-ethyl adjacent to an activating group) is 1. The number of hydrogen-bond acceptors (Lipinski definition) is 5. The fourth-order valence-electron chi connectivity index (χ4n) is 1.94. The van der Waals surface area contributed by atoms with Crippen LogP contribution in [-0.2, 0) is 6.42 Å². The summed E-state index contributed by atoms with van der Waals surface area (Å²) in [7, 11) is 1.61. The Balaban J connectivity index is 2.22. The summed E-state index contributed by atoms with van der Waals surface area (Å²) in [5.41, 5.74) is 2.19. The van der Waals surface area contributed by atoms with Crippen molar-refractivity contribution in [3.63, 3.8) is 0 Å². The number of methoxy groups -OCH3 is 1. The van der Waals surface area contributed by atoms with Crippen molar-refractivity contribution in [2.45, 2.75) is 19.4 Å². The predicted octanol–water partition coefficient (Wildman–Crippen LogP) is 3.97. The van der Waals surface area contributed by atoms with Gasteiger partial charge in [-0.05, 0) is 50.0 Å². The molecule has 0 radical (unpaired) electrons. The molecule has 0 bridgehead atoms. The van der Waals surface area contributed by atoms with Gasteiger partial charge in [0.1, 0.15) is 6.33 Å². The zero-order valence-electron chi connectivity index (χ0n) is 11.2. The molecule has 2 aromatic heterocycles. The standard InChI is InChI=1S/C13H15Br2N3OS/c1-3-16-10(9-6-11(14)20-13(9)15)4-8-5-12(19-2)18-7-17-8/h5-7,10,16H,3-4H2,1-2H3. The van der Waals surface area contributed by atoms with Crippen molar-refractivity contribution in [3.05, 3.63) is 37.3 Å². The molecule has 108 valence electrons. The van der Waals surface area contributed by atoms with Crippen LogP contribution in [0.5, 0.6) is 5.88 Å². The number of ether oxygens (including phenoxy) is 1. The molecule has 1 unspecified atom stereocenters. The molecule has 2 rings (SSSR count). The van der Waals surface area contributed by atoms with E-state index >= 15 is 0 Å². The van der Waals surface area contributed by atoms with Crippen molar-refractivity contribution in [1.82, 2.24) is 15.3 Å². The molecule has 1 atom stereocenters. The topological polar surface area (TPSA) is 47.0 Å². The van der Waals surface area contributed by atoms with Gasteiger partial charge in [0, 0.05) is 24.2 Å². The number of nitrogens with zero attached hydrogens (tertiary/aromatic N) is 2. The van der Waals surface area contributed by atoms with Crippen molar-refractivity contribution in [3.8, 4) is 5.88 Å². The highest BCUT2D eigenvalue weighted by Crippen LogP contribution is 2.36. The average molecular weight is 421 g/mol. The Morgan fingerprint density at radius 1 is 1.35 bits per heavy atom. The zero-order valence-corrected chi connectivity index (χ0v) is 15.2. The summed E-state index contributed by atoms with van der Waals surface area (Å²) in [6, 6.07) is 4.22. The molecule has 1 N–H and O–H groups in total. The van der Waals surface area contributed by atoms with E-state index in [1.54, 1.807) is 18.4 Å². The third-order valence-corrected chi connectivity index (χ3v) is 5.22. The summed E-state index contributed by atoms with van der Waals surface area (Å²) < 4.78 is 7.39. The highest BCUT2D eigenvalue weighted by Gasteiger charge is 2.18. The van der Waals surface area contributed by atoms with Crippen LogP contribution < -0.4 is 10.1 Å². The molecule has 0 amide bonds. The molecule has 7 heteroatoms. The Labute approximate surface area is 139 Å². The first-order chi connectivity index (χ1) is 9.63. The summed E-state index contributed by atoms with van der Waals surface area (Å²) in [5.74, 6) is 0.593. The molecule has 0 spiro atoms. The van der Waals surface area contributed by atoms with E-state index in [1.807, 2.05) is 6.07 Å². The maximum absolute atomic E-state index is 5.14. The number of nitrogens with one attached hydrogen (secondary N) is 1. The van der Waals surface area contributed by atoms with Crippen LogP contribution in [0.25, 0.3) is 0 Å². The fraction of sp³-hybridized carbons (Fsp3) is 0.385. The van der Waals surface area contributed by atoms with Gasteiger partial charge >= 0.3 is 0 Å². The van der Waals surface area contributed by atoms with Crippen molar-refractivity contribution in [1.29, 1.82) is 0 Å². The Bertz CT molecular complexity index is 576. The molecule has 0 aliphatic carbocycles. The van der Waals surface area contributed by atoms with Gasteiger partial charge in [-0.3, -0.25) is 0 Å². The normalized spacial score (nSPS) is 12.4. The molecule has 2 aromatic rings. The van der Waals surface area contributed by atoms with E-state index in [1.165, 1.54) is 11.9 Å². The molecule has 20 heavy (non-hydrogen) atoms. The van der Waals surface area contributed by atoms with Crippen LogP contribution in [0.15, 0.2) is 26.0 Å². The van der Waals surface area contributed by atoms with Crippen LogP contribution in [0.4, 0.5) is 0 Å². The SMILES string of the molecule is CCNC(Cc1cc(OC)ncn1)c1cc(Br)sc1Br. The minimum absolute atomic E-state index is 0.205. The Morgan fingerprint density at radius 3 is 2.75 bits per heavy atom. The van der Waals surface area contributed by atoms with E-state index in [0.717, 1.165) is 26.2 Å². The van der Waals surface area contributed by atoms with Gasteiger partial charge in [-0.15, -0.1) is 11.3 Å². The summed E-state index contributed by atoms with van der Waals surface area (Å²) in [4.78, 5) is 8.35. The van der Waals surface area contributed by atoms with Gasteiger partial charge in [0.15, 0.2) is 0 Å². The number of thiophene rings is 1. The zero-order chi connectivity index (χ0) is 14.5. The highest BCUT2D eigenvalue weighted by molar-refractivity contribution is 9.12. The number of halogens is 2. The minimum atomic E-state index is 0.205. The lowest BCUT2D eigenvalue weighted by atomic mass is 10.1. The minimum Gasteiger partial charge on any atom is -0.481 e. The van der Waals surface area contributed by atoms with Crippen LogP contribution in [0.3, 0.4) is 0 Å². The molecular formula is C13H15Br2N3OS. The molecular weight excluding hydrogens is 406 g/mol. The highest BCUT2D eigenvalue weighted by atomic mass is 79.9. The Hall–Kier alpha value is -0.500. The summed E-state index contributed by atoms with van der Waals surface area (Å²) in [6.45, 7) is 3.00. The second kappa shape index (κ2) is 7.49. The van der Waals surface area contributed by atoms with Crippen LogP contribution in [0.2, 0.25) is 0 Å². The first-order valence-electron chi connectivity index (χ1n) is 6.17. The lowest BCUT2D eigenvalue weighted by Gasteiger charge is -2.17. The van der Waals surface area contributed by atoms with Crippen LogP contribution in [0, 0.1) is 0 Å². The van der Waals surface area contributed by atoms with Crippen LogP contribution in [-0.4, -0.2) is 23.6 Å². The average Bonchev–Trinajstić information content (AvgIpc) is 2.77. The van der Waals surface area contributed by atoms with Crippen LogP contribution in [0.1, 0.15) is 24.2 Å². The van der Waals surface area contributed by atoms with Crippen molar-refractivity contribution in [2.24, 2.45) is 0 Å². The predicted molar refractivity (Wildman–Crippen MR) is 88.4 cm³/mol. The molecule has 0 saturated carbocycles. The number of aromatic nitrogens is 2. The van der Waals surface area contributed by atoms with Gasteiger partial charge in [-0.2, -0.15) is 0 Å². The second-order valence-corrected chi connectivity index (χ2v) is 7.89. The summed E-state index contributed by atoms with van der Waals surface area (Å²) in [6.07, 6.45) is 2.32. The third-order valence-electron chi connectivity index (χ3n) is 2.83. The monoisotopic (exact) mass is 419 g/mol. The molecule has 0 aromatic carbocycles. The maximum atomic E-state index is 5.14. The van der Waals surface area contributed by atoms with E-state index in [0.29, 0.717) is 5.88 Å². The van der Waals surface area contributed by atoms with Crippen LogP contribution >= 0.6 is 43.2 Å². The molecule has 0 saturated heterocycles. The lowest BCUT2D eigenvalue weighted by molar-refractivity contribution is 0.395. The van der Waals surface area contributed by atoms with Crippen molar-refractivity contribution >= 4 is 43.2 Å². The summed E-state index contributed by atoms with van der Waals surface area (Å²) >= 11 is 8.82. The largest absolute Gasteiger partial charge is 0.481 e. The Morgan fingerprint density at radius 2 is 2.15 bits per heavy atom. The van der Waals surface area contributed by atoms with E-state index in [2.05, 4.69) is 60.1 Å². The van der Waals surface area contributed by atoms with Gasteiger partial charge in [0.25, 0.3) is 0 Å². The van der Waals surface area contributed by atoms with Gasteiger partial charge in [-0.1, -0.05) is 6.92 Å². The van der Waals surface area contributed by atoms with Crippen molar-refractivity contribution in [2.75, 3.05) is 13.7 Å². The molecule has 4 nitrogen and oxygen atoms in total. The number of hydrogen-bond donors (Lipinski definition) is 1. The smallest absolute Gasteiger partial charge is 0.216 e.